The van der Waals surface area contributed by atoms with Crippen molar-refractivity contribution in [3.05, 3.63) is 71.5 Å². The lowest BCUT2D eigenvalue weighted by atomic mass is 10.1. The highest BCUT2D eigenvalue weighted by Crippen LogP contribution is 2.37. The normalized spacial score (nSPS) is 17.3. The Balaban J connectivity index is 1.35. The van der Waals surface area contributed by atoms with Crippen LogP contribution in [-0.2, 0) is 16.1 Å². The first kappa shape index (κ1) is 19.5. The number of ether oxygens (including phenoxy) is 1. The summed E-state index contributed by atoms with van der Waals surface area (Å²) in [5, 5.41) is 5.55. The number of para-hydroxylation sites is 1. The largest absolute Gasteiger partial charge is 0.364 e. The number of aromatic nitrogens is 2. The number of hydrogen-bond donors (Lipinski definition) is 1. The van der Waals surface area contributed by atoms with Crippen LogP contribution in [0.2, 0.25) is 0 Å². The Labute approximate surface area is 174 Å². The maximum atomic E-state index is 12.5. The van der Waals surface area contributed by atoms with Gasteiger partial charge in [-0.05, 0) is 49.6 Å². The van der Waals surface area contributed by atoms with Gasteiger partial charge in [0.25, 0.3) is 5.91 Å². The third kappa shape index (κ3) is 4.81. The van der Waals surface area contributed by atoms with E-state index in [1.54, 1.807) is 19.3 Å². The van der Waals surface area contributed by atoms with Crippen molar-refractivity contribution in [2.24, 2.45) is 0 Å². The van der Waals surface area contributed by atoms with Crippen molar-refractivity contribution < 1.29 is 9.53 Å². The maximum Gasteiger partial charge on any atom is 0.255 e. The smallest absolute Gasteiger partial charge is 0.255 e. The molecule has 4 rings (SSSR count). The molecule has 150 valence electrons. The van der Waals surface area contributed by atoms with Crippen LogP contribution < -0.4 is 10.2 Å². The van der Waals surface area contributed by atoms with E-state index in [2.05, 4.69) is 44.5 Å². The number of benzene rings is 1. The van der Waals surface area contributed by atoms with E-state index in [1.807, 2.05) is 23.6 Å². The first-order valence-corrected chi connectivity index (χ1v) is 10.7. The number of thiazole rings is 1. The van der Waals surface area contributed by atoms with Crippen LogP contribution in [0.3, 0.4) is 0 Å². The van der Waals surface area contributed by atoms with Crippen LogP contribution >= 0.6 is 11.3 Å². The van der Waals surface area contributed by atoms with Gasteiger partial charge < -0.3 is 9.64 Å². The second kappa shape index (κ2) is 9.15. The zero-order chi connectivity index (χ0) is 20.1. The number of carbonyl (C=O) groups is 1. The molecule has 0 spiro atoms. The maximum absolute atomic E-state index is 12.5. The third-order valence-corrected chi connectivity index (χ3v) is 5.83. The topological polar surface area (TPSA) is 67.3 Å². The number of pyridine rings is 1. The van der Waals surface area contributed by atoms with Crippen LogP contribution in [0.1, 0.15) is 37.1 Å². The highest BCUT2D eigenvalue weighted by Gasteiger charge is 2.28. The van der Waals surface area contributed by atoms with E-state index in [4.69, 9.17) is 4.74 Å². The fourth-order valence-electron chi connectivity index (χ4n) is 3.48. The molecular formula is C22H24N4O2S. The van der Waals surface area contributed by atoms with Crippen molar-refractivity contribution in [2.75, 3.05) is 16.8 Å². The molecule has 0 saturated carbocycles. The monoisotopic (exact) mass is 408 g/mol. The van der Waals surface area contributed by atoms with Crippen LogP contribution in [0.4, 0.5) is 10.8 Å². The van der Waals surface area contributed by atoms with Gasteiger partial charge in [-0.2, -0.15) is 0 Å². The predicted molar refractivity (Wildman–Crippen MR) is 115 cm³/mol. The van der Waals surface area contributed by atoms with Gasteiger partial charge in [0.15, 0.2) is 5.13 Å². The molecule has 3 aromatic rings. The minimum absolute atomic E-state index is 0.189. The van der Waals surface area contributed by atoms with Crippen LogP contribution in [0, 0.1) is 0 Å². The number of anilines is 2. The lowest BCUT2D eigenvalue weighted by Gasteiger charge is -2.25. The molecule has 2 aromatic heterocycles. The Morgan fingerprint density at radius 3 is 2.86 bits per heavy atom. The summed E-state index contributed by atoms with van der Waals surface area (Å²) in [6, 6.07) is 14.4. The predicted octanol–water partition coefficient (Wildman–Crippen LogP) is 4.42. The van der Waals surface area contributed by atoms with Gasteiger partial charge in [-0.25, -0.2) is 4.98 Å². The molecule has 1 unspecified atom stereocenters. The van der Waals surface area contributed by atoms with Crippen LogP contribution in [0.5, 0.6) is 0 Å². The van der Waals surface area contributed by atoms with E-state index in [9.17, 15) is 4.79 Å². The summed E-state index contributed by atoms with van der Waals surface area (Å²) in [6.07, 6.45) is 5.06. The SMILES string of the molecule is CC(OCc1ccncc1)C(=O)Nc1nc([C@H]2CCCN2c2ccccc2)cs1. The molecule has 1 aliphatic heterocycles. The minimum Gasteiger partial charge on any atom is -0.364 e. The summed E-state index contributed by atoms with van der Waals surface area (Å²) in [7, 11) is 0. The lowest BCUT2D eigenvalue weighted by Crippen LogP contribution is -2.27. The highest BCUT2D eigenvalue weighted by atomic mass is 32.1. The van der Waals surface area contributed by atoms with E-state index in [-0.39, 0.29) is 11.9 Å². The fourth-order valence-corrected chi connectivity index (χ4v) is 4.24. The zero-order valence-corrected chi connectivity index (χ0v) is 17.1. The molecule has 1 amide bonds. The molecule has 6 nitrogen and oxygen atoms in total. The van der Waals surface area contributed by atoms with Crippen molar-refractivity contribution in [1.29, 1.82) is 0 Å². The van der Waals surface area contributed by atoms with Gasteiger partial charge in [0.1, 0.15) is 6.10 Å². The van der Waals surface area contributed by atoms with E-state index >= 15 is 0 Å². The molecular weight excluding hydrogens is 384 g/mol. The first-order chi connectivity index (χ1) is 14.2. The summed E-state index contributed by atoms with van der Waals surface area (Å²) in [4.78, 5) is 23.5. The van der Waals surface area contributed by atoms with E-state index in [1.165, 1.54) is 17.0 Å². The number of carbonyl (C=O) groups excluding carboxylic acids is 1. The van der Waals surface area contributed by atoms with Crippen LogP contribution in [0.15, 0.2) is 60.2 Å². The summed E-state index contributed by atoms with van der Waals surface area (Å²) < 4.78 is 5.67. The second-order valence-corrected chi connectivity index (χ2v) is 7.92. The number of nitrogens with zero attached hydrogens (tertiary/aromatic N) is 3. The quantitative estimate of drug-likeness (QED) is 0.627. The zero-order valence-electron chi connectivity index (χ0n) is 16.3. The number of rotatable bonds is 7. The van der Waals surface area contributed by atoms with Crippen molar-refractivity contribution >= 4 is 28.1 Å². The molecule has 0 bridgehead atoms. The molecule has 1 fully saturated rings. The van der Waals surface area contributed by atoms with Crippen LogP contribution in [0.25, 0.3) is 0 Å². The summed E-state index contributed by atoms with van der Waals surface area (Å²) in [6.45, 7) is 3.14. The molecule has 3 heterocycles. The Morgan fingerprint density at radius 1 is 1.28 bits per heavy atom. The van der Waals surface area contributed by atoms with Gasteiger partial charge in [0.2, 0.25) is 0 Å². The first-order valence-electron chi connectivity index (χ1n) is 9.79. The molecule has 2 atom stereocenters. The van der Waals surface area contributed by atoms with Crippen molar-refractivity contribution in [3.8, 4) is 0 Å². The third-order valence-electron chi connectivity index (χ3n) is 5.05. The van der Waals surface area contributed by atoms with Gasteiger partial charge in [0.05, 0.1) is 18.3 Å². The van der Waals surface area contributed by atoms with Gasteiger partial charge in [-0.15, -0.1) is 11.3 Å². The average Bonchev–Trinajstić information content (AvgIpc) is 3.42. The van der Waals surface area contributed by atoms with E-state index in [0.29, 0.717) is 11.7 Å². The van der Waals surface area contributed by atoms with Crippen molar-refractivity contribution in [2.45, 2.75) is 38.5 Å². The van der Waals surface area contributed by atoms with Crippen LogP contribution in [-0.4, -0.2) is 28.5 Å². The van der Waals surface area contributed by atoms with Gasteiger partial charge in [-0.3, -0.25) is 15.1 Å². The Morgan fingerprint density at radius 2 is 2.07 bits per heavy atom. The molecule has 1 saturated heterocycles. The summed E-state index contributed by atoms with van der Waals surface area (Å²) in [5.41, 5.74) is 3.21. The van der Waals surface area contributed by atoms with Gasteiger partial charge in [-0.1, -0.05) is 18.2 Å². The number of amides is 1. The van der Waals surface area contributed by atoms with E-state index in [0.717, 1.165) is 30.6 Å². The Kier molecular flexibility index (Phi) is 6.17. The molecule has 7 heteroatoms. The minimum atomic E-state index is -0.567. The standard InChI is InChI=1S/C22H24N4O2S/c1-16(28-14-17-9-11-23-12-10-17)21(27)25-22-24-19(15-29-22)20-8-5-13-26(20)18-6-3-2-4-7-18/h2-4,6-7,9-12,15-16,20H,5,8,13-14H2,1H3,(H,24,25,27)/t16?,20-/m1/s1. The fraction of sp³-hybridized carbons (Fsp3) is 0.318. The molecule has 0 aliphatic carbocycles. The Bertz CT molecular complexity index is 932. The summed E-state index contributed by atoms with van der Waals surface area (Å²) >= 11 is 1.46. The van der Waals surface area contributed by atoms with Gasteiger partial charge in [0, 0.05) is 30.0 Å². The molecule has 1 N–H and O–H groups in total. The van der Waals surface area contributed by atoms with E-state index < -0.39 is 6.10 Å². The lowest BCUT2D eigenvalue weighted by molar-refractivity contribution is -0.127. The number of nitrogens with one attached hydrogen (secondary N) is 1. The van der Waals surface area contributed by atoms with Crippen molar-refractivity contribution in [1.82, 2.24) is 9.97 Å². The molecule has 1 aliphatic rings. The Hall–Kier alpha value is -2.77. The highest BCUT2D eigenvalue weighted by molar-refractivity contribution is 7.13. The average molecular weight is 409 g/mol. The molecule has 1 aromatic carbocycles. The van der Waals surface area contributed by atoms with Crippen molar-refractivity contribution in [3.63, 3.8) is 0 Å². The molecule has 0 radical (unpaired) electrons. The molecule has 29 heavy (non-hydrogen) atoms. The number of hydrogen-bond acceptors (Lipinski definition) is 6. The summed E-state index contributed by atoms with van der Waals surface area (Å²) in [5.74, 6) is -0.189. The second-order valence-electron chi connectivity index (χ2n) is 7.06. The van der Waals surface area contributed by atoms with Gasteiger partial charge >= 0.3 is 0 Å².